The van der Waals surface area contributed by atoms with E-state index in [1.165, 1.54) is 21.3 Å². The van der Waals surface area contributed by atoms with Crippen molar-refractivity contribution in [2.24, 2.45) is 0 Å². The van der Waals surface area contributed by atoms with E-state index in [9.17, 15) is 4.79 Å². The fraction of sp³-hybridized carbons (Fsp3) is 0.150. The van der Waals surface area contributed by atoms with Crippen molar-refractivity contribution < 1.29 is 19.0 Å². The van der Waals surface area contributed by atoms with Crippen molar-refractivity contribution in [3.05, 3.63) is 71.9 Å². The Morgan fingerprint density at radius 1 is 0.962 bits per heavy atom. The second-order valence-electron chi connectivity index (χ2n) is 5.26. The lowest BCUT2D eigenvalue weighted by atomic mass is 10.1. The molecule has 0 unspecified atom stereocenters. The zero-order valence-electron chi connectivity index (χ0n) is 15.0. The Balaban J connectivity index is 2.03. The van der Waals surface area contributed by atoms with Crippen LogP contribution in [0.5, 0.6) is 17.2 Å². The summed E-state index contributed by atoms with van der Waals surface area (Å²) in [6.07, 6.45) is 3.66. The van der Waals surface area contributed by atoms with Crippen LogP contribution in [0.1, 0.15) is 15.9 Å². The van der Waals surface area contributed by atoms with Gasteiger partial charge in [-0.15, -0.1) is 0 Å². The molecule has 0 aliphatic heterocycles. The minimum absolute atomic E-state index is 0.354. The third-order valence-electron chi connectivity index (χ3n) is 3.54. The van der Waals surface area contributed by atoms with Crippen LogP contribution in [0.2, 0.25) is 0 Å². The Bertz CT molecular complexity index is 776. The highest BCUT2D eigenvalue weighted by Gasteiger charge is 2.16. The van der Waals surface area contributed by atoms with E-state index >= 15 is 0 Å². The standard InChI is InChI=1S/C20H22N2O4/c1-14(10-11-15-8-6-5-7-9-15)21-22-20(23)16-12-17(24-2)19(26-4)18(13-16)25-3/h5-13,21H,1H2,2-4H3,(H,22,23). The molecule has 2 rings (SSSR count). The van der Waals surface area contributed by atoms with Gasteiger partial charge in [0.05, 0.1) is 21.3 Å². The van der Waals surface area contributed by atoms with E-state index in [1.807, 2.05) is 36.4 Å². The normalized spacial score (nSPS) is 10.3. The van der Waals surface area contributed by atoms with Crippen molar-refractivity contribution in [1.29, 1.82) is 0 Å². The molecular formula is C20H22N2O4. The average molecular weight is 354 g/mol. The van der Waals surface area contributed by atoms with E-state index in [0.717, 1.165) is 5.56 Å². The Morgan fingerprint density at radius 2 is 1.58 bits per heavy atom. The summed E-state index contributed by atoms with van der Waals surface area (Å²) in [4.78, 5) is 12.4. The summed E-state index contributed by atoms with van der Waals surface area (Å²) < 4.78 is 15.7. The van der Waals surface area contributed by atoms with Gasteiger partial charge in [-0.2, -0.15) is 0 Å². The Hall–Kier alpha value is -3.41. The van der Waals surface area contributed by atoms with Crippen molar-refractivity contribution in [3.8, 4) is 17.2 Å². The van der Waals surface area contributed by atoms with Gasteiger partial charge in [0.15, 0.2) is 11.5 Å². The van der Waals surface area contributed by atoms with Gasteiger partial charge in [-0.05, 0) is 23.8 Å². The zero-order valence-corrected chi connectivity index (χ0v) is 15.0. The van der Waals surface area contributed by atoms with E-state index in [0.29, 0.717) is 28.5 Å². The Kier molecular flexibility index (Phi) is 6.68. The summed E-state index contributed by atoms with van der Waals surface area (Å²) in [6.45, 7) is 3.85. The van der Waals surface area contributed by atoms with E-state index < -0.39 is 0 Å². The molecule has 0 aliphatic rings. The lowest BCUT2D eigenvalue weighted by Crippen LogP contribution is -2.36. The number of allylic oxidation sites excluding steroid dienone is 1. The van der Waals surface area contributed by atoms with Crippen molar-refractivity contribution >= 4 is 12.0 Å². The van der Waals surface area contributed by atoms with Crippen LogP contribution >= 0.6 is 0 Å². The van der Waals surface area contributed by atoms with Crippen molar-refractivity contribution in [3.63, 3.8) is 0 Å². The molecule has 0 aliphatic carbocycles. The molecule has 0 spiro atoms. The van der Waals surface area contributed by atoms with E-state index in [1.54, 1.807) is 18.2 Å². The van der Waals surface area contributed by atoms with Crippen molar-refractivity contribution in [2.75, 3.05) is 21.3 Å². The molecule has 2 aromatic rings. The molecule has 0 atom stereocenters. The molecule has 0 bridgehead atoms. The maximum atomic E-state index is 12.4. The maximum Gasteiger partial charge on any atom is 0.269 e. The number of hydrogen-bond donors (Lipinski definition) is 2. The molecule has 1 amide bonds. The topological polar surface area (TPSA) is 68.8 Å². The van der Waals surface area contributed by atoms with Crippen molar-refractivity contribution in [1.82, 2.24) is 10.9 Å². The van der Waals surface area contributed by atoms with Crippen LogP contribution in [0, 0.1) is 0 Å². The van der Waals surface area contributed by atoms with Gasteiger partial charge in [-0.1, -0.05) is 43.0 Å². The molecule has 26 heavy (non-hydrogen) atoms. The predicted octanol–water partition coefficient (Wildman–Crippen LogP) is 3.17. The summed E-state index contributed by atoms with van der Waals surface area (Å²) in [7, 11) is 4.49. The Morgan fingerprint density at radius 3 is 2.12 bits per heavy atom. The van der Waals surface area contributed by atoms with Gasteiger partial charge in [-0.3, -0.25) is 15.6 Å². The molecule has 0 saturated carbocycles. The summed E-state index contributed by atoms with van der Waals surface area (Å²) in [5, 5.41) is 0. The number of rotatable bonds is 8. The van der Waals surface area contributed by atoms with Crippen LogP contribution in [0.15, 0.2) is 60.8 Å². The minimum atomic E-state index is -0.362. The second-order valence-corrected chi connectivity index (χ2v) is 5.26. The van der Waals surface area contributed by atoms with Crippen LogP contribution in [0.25, 0.3) is 6.08 Å². The van der Waals surface area contributed by atoms with Gasteiger partial charge < -0.3 is 14.2 Å². The summed E-state index contributed by atoms with van der Waals surface area (Å²) in [6, 6.07) is 12.9. The van der Waals surface area contributed by atoms with Gasteiger partial charge >= 0.3 is 0 Å². The van der Waals surface area contributed by atoms with Gasteiger partial charge in [0, 0.05) is 11.3 Å². The number of hydrazine groups is 1. The number of methoxy groups -OCH3 is 3. The highest BCUT2D eigenvalue weighted by molar-refractivity contribution is 5.95. The van der Waals surface area contributed by atoms with Crippen LogP contribution in [0.4, 0.5) is 0 Å². The van der Waals surface area contributed by atoms with Crippen LogP contribution in [-0.2, 0) is 0 Å². The molecule has 0 radical (unpaired) electrons. The first kappa shape index (κ1) is 18.9. The molecule has 0 heterocycles. The first-order chi connectivity index (χ1) is 12.6. The average Bonchev–Trinajstić information content (AvgIpc) is 2.69. The fourth-order valence-electron chi connectivity index (χ4n) is 2.22. The van der Waals surface area contributed by atoms with E-state index in [-0.39, 0.29) is 5.91 Å². The highest BCUT2D eigenvalue weighted by Crippen LogP contribution is 2.38. The third kappa shape index (κ3) is 4.80. The van der Waals surface area contributed by atoms with Crippen molar-refractivity contribution in [2.45, 2.75) is 0 Å². The molecule has 6 heteroatoms. The van der Waals surface area contributed by atoms with E-state index in [4.69, 9.17) is 14.2 Å². The molecule has 0 saturated heterocycles. The first-order valence-electron chi connectivity index (χ1n) is 7.87. The van der Waals surface area contributed by atoms with Gasteiger partial charge in [0.25, 0.3) is 5.91 Å². The molecule has 136 valence electrons. The molecule has 2 aromatic carbocycles. The summed E-state index contributed by atoms with van der Waals surface area (Å²) in [5.41, 5.74) is 7.27. The SMILES string of the molecule is C=C(C=Cc1ccccc1)NNC(=O)c1cc(OC)c(OC)c(OC)c1. The predicted molar refractivity (Wildman–Crippen MR) is 101 cm³/mol. The van der Waals surface area contributed by atoms with E-state index in [2.05, 4.69) is 17.4 Å². The number of benzene rings is 2. The highest BCUT2D eigenvalue weighted by atomic mass is 16.5. The lowest BCUT2D eigenvalue weighted by molar-refractivity contribution is 0.0938. The zero-order chi connectivity index (χ0) is 18.9. The molecule has 0 fully saturated rings. The smallest absolute Gasteiger partial charge is 0.269 e. The fourth-order valence-corrected chi connectivity index (χ4v) is 2.22. The number of ether oxygens (including phenoxy) is 3. The molecule has 0 aromatic heterocycles. The summed E-state index contributed by atoms with van der Waals surface area (Å²) >= 11 is 0. The second kappa shape index (κ2) is 9.17. The quantitative estimate of drug-likeness (QED) is 0.563. The number of carbonyl (C=O) groups is 1. The first-order valence-corrected chi connectivity index (χ1v) is 7.87. The number of hydrogen-bond acceptors (Lipinski definition) is 5. The minimum Gasteiger partial charge on any atom is -0.493 e. The molecule has 2 N–H and O–H groups in total. The van der Waals surface area contributed by atoms with Gasteiger partial charge in [0.1, 0.15) is 0 Å². The van der Waals surface area contributed by atoms with Gasteiger partial charge in [-0.25, -0.2) is 0 Å². The lowest BCUT2D eigenvalue weighted by Gasteiger charge is -2.14. The molecular weight excluding hydrogens is 332 g/mol. The molecule has 6 nitrogen and oxygen atoms in total. The van der Waals surface area contributed by atoms with Crippen LogP contribution in [0.3, 0.4) is 0 Å². The summed E-state index contributed by atoms with van der Waals surface area (Å²) in [5.74, 6) is 0.868. The number of amides is 1. The monoisotopic (exact) mass is 354 g/mol. The van der Waals surface area contributed by atoms with Crippen LogP contribution < -0.4 is 25.1 Å². The number of carbonyl (C=O) groups excluding carboxylic acids is 1. The maximum absolute atomic E-state index is 12.4. The van der Waals surface area contributed by atoms with Gasteiger partial charge in [0.2, 0.25) is 5.75 Å². The largest absolute Gasteiger partial charge is 0.493 e. The Labute approximate surface area is 153 Å². The van der Waals surface area contributed by atoms with Crippen LogP contribution in [-0.4, -0.2) is 27.2 Å². The number of nitrogens with one attached hydrogen (secondary N) is 2. The third-order valence-corrected chi connectivity index (χ3v) is 3.54.